The zero-order valence-electron chi connectivity index (χ0n) is 15.7. The highest BCUT2D eigenvalue weighted by Crippen LogP contribution is 2.45. The fourth-order valence-electron chi connectivity index (χ4n) is 4.45. The lowest BCUT2D eigenvalue weighted by Gasteiger charge is -2.44. The summed E-state index contributed by atoms with van der Waals surface area (Å²) >= 11 is 18.6. The predicted molar refractivity (Wildman–Crippen MR) is 116 cm³/mol. The van der Waals surface area contributed by atoms with Crippen molar-refractivity contribution >= 4 is 40.8 Å². The topological polar surface area (TPSA) is 49.3 Å². The molecule has 0 amide bonds. The van der Waals surface area contributed by atoms with E-state index in [9.17, 15) is 4.79 Å². The maximum absolute atomic E-state index is 10.7. The molecule has 28 heavy (non-hydrogen) atoms. The number of benzene rings is 1. The van der Waals surface area contributed by atoms with Crippen LogP contribution in [0.4, 0.5) is 0 Å². The van der Waals surface area contributed by atoms with E-state index < -0.39 is 5.97 Å². The Bertz CT molecular complexity index is 739. The molecule has 6 heteroatoms. The van der Waals surface area contributed by atoms with Crippen LogP contribution in [0.1, 0.15) is 37.7 Å². The van der Waals surface area contributed by atoms with Crippen molar-refractivity contribution in [1.82, 2.24) is 5.32 Å². The van der Waals surface area contributed by atoms with Crippen molar-refractivity contribution in [2.75, 3.05) is 6.54 Å². The monoisotopic (exact) mass is 441 g/mol. The predicted octanol–water partition coefficient (Wildman–Crippen LogP) is 6.38. The lowest BCUT2D eigenvalue weighted by molar-refractivity contribution is -0.137. The number of hydrogen-bond acceptors (Lipinski definition) is 2. The summed E-state index contributed by atoms with van der Waals surface area (Å²) in [5.74, 6) is 1.47. The largest absolute Gasteiger partial charge is 0.481 e. The summed E-state index contributed by atoms with van der Waals surface area (Å²) in [5, 5.41) is 14.0. The molecule has 3 aliphatic carbocycles. The Morgan fingerprint density at radius 1 is 1.14 bits per heavy atom. The number of allylic oxidation sites excluding steroid dienone is 4. The van der Waals surface area contributed by atoms with Crippen LogP contribution in [-0.4, -0.2) is 17.6 Å². The minimum absolute atomic E-state index is 0.231. The maximum atomic E-state index is 10.7. The smallest absolute Gasteiger partial charge is 0.303 e. The van der Waals surface area contributed by atoms with E-state index in [1.165, 1.54) is 12.8 Å². The molecule has 3 aliphatic rings. The van der Waals surface area contributed by atoms with Crippen LogP contribution in [0.5, 0.6) is 0 Å². The third-order valence-electron chi connectivity index (χ3n) is 5.88. The molecule has 0 unspecified atom stereocenters. The van der Waals surface area contributed by atoms with Crippen molar-refractivity contribution in [3.8, 4) is 0 Å². The Morgan fingerprint density at radius 2 is 1.82 bits per heavy atom. The Hall–Kier alpha value is -1.00. The lowest BCUT2D eigenvalue weighted by Crippen LogP contribution is -2.41. The minimum atomic E-state index is -0.727. The molecule has 2 N–H and O–H groups in total. The molecule has 0 aromatic heterocycles. The number of aliphatic carboxylic acids is 1. The molecular weight excluding hydrogens is 417 g/mol. The zero-order valence-corrected chi connectivity index (χ0v) is 18.0. The normalized spacial score (nSPS) is 26.2. The van der Waals surface area contributed by atoms with Crippen LogP contribution < -0.4 is 5.32 Å². The highest BCUT2D eigenvalue weighted by atomic mass is 35.5. The molecule has 0 spiro atoms. The van der Waals surface area contributed by atoms with E-state index >= 15 is 0 Å². The fourth-order valence-corrected chi connectivity index (χ4v) is 5.40. The molecule has 4 rings (SSSR count). The molecule has 1 fully saturated rings. The Kier molecular flexibility index (Phi) is 7.87. The van der Waals surface area contributed by atoms with Crippen molar-refractivity contribution in [2.45, 2.75) is 38.6 Å². The van der Waals surface area contributed by atoms with E-state index in [1.807, 2.05) is 0 Å². The molecule has 4 atom stereocenters. The summed E-state index contributed by atoms with van der Waals surface area (Å²) in [4.78, 5) is 10.7. The maximum Gasteiger partial charge on any atom is 0.303 e. The summed E-state index contributed by atoms with van der Waals surface area (Å²) < 4.78 is 0. The fraction of sp³-hybridized carbons (Fsp3) is 0.500. The summed E-state index contributed by atoms with van der Waals surface area (Å²) in [6.07, 6.45) is 13.4. The third-order valence-corrected chi connectivity index (χ3v) is 6.78. The molecule has 0 saturated heterocycles. The van der Waals surface area contributed by atoms with Gasteiger partial charge < -0.3 is 10.4 Å². The molecule has 1 saturated carbocycles. The van der Waals surface area contributed by atoms with E-state index in [4.69, 9.17) is 39.9 Å². The van der Waals surface area contributed by atoms with Crippen LogP contribution >= 0.6 is 34.8 Å². The van der Waals surface area contributed by atoms with E-state index in [-0.39, 0.29) is 6.42 Å². The minimum Gasteiger partial charge on any atom is -0.481 e. The number of fused-ring (bicyclic) bond motifs is 2. The van der Waals surface area contributed by atoms with E-state index in [0.29, 0.717) is 51.7 Å². The van der Waals surface area contributed by atoms with E-state index in [0.717, 1.165) is 18.5 Å². The van der Waals surface area contributed by atoms with E-state index in [2.05, 4.69) is 29.6 Å². The summed E-state index contributed by atoms with van der Waals surface area (Å²) in [5.41, 5.74) is 0.880. The van der Waals surface area contributed by atoms with Crippen LogP contribution in [0.3, 0.4) is 0 Å². The van der Waals surface area contributed by atoms with Gasteiger partial charge in [0.15, 0.2) is 0 Å². The first-order valence-corrected chi connectivity index (χ1v) is 11.0. The number of halogens is 3. The molecule has 0 radical (unpaired) electrons. The Balaban J connectivity index is 1.58. The molecule has 0 heterocycles. The summed E-state index contributed by atoms with van der Waals surface area (Å²) in [6.45, 7) is 1.51. The quantitative estimate of drug-likeness (QED) is 0.345. The van der Waals surface area contributed by atoms with Crippen molar-refractivity contribution < 1.29 is 9.90 Å². The van der Waals surface area contributed by atoms with Gasteiger partial charge in [-0.2, -0.15) is 0 Å². The molecule has 1 aromatic carbocycles. The number of carboxylic acid groups (broad SMARTS) is 1. The zero-order chi connectivity index (χ0) is 20.1. The van der Waals surface area contributed by atoms with Crippen molar-refractivity contribution in [1.29, 1.82) is 0 Å². The molecule has 0 aliphatic heterocycles. The van der Waals surface area contributed by atoms with Gasteiger partial charge in [-0.25, -0.2) is 0 Å². The first kappa shape index (κ1) is 21.7. The van der Waals surface area contributed by atoms with Crippen molar-refractivity contribution in [2.24, 2.45) is 23.7 Å². The average molecular weight is 443 g/mol. The van der Waals surface area contributed by atoms with Gasteiger partial charge in [-0.15, -0.1) is 0 Å². The lowest BCUT2D eigenvalue weighted by atomic mass is 9.62. The van der Waals surface area contributed by atoms with Gasteiger partial charge in [0.25, 0.3) is 0 Å². The SMILES string of the molecule is O=C(O)CCC/C=C\[C@@H]1[C@@H](CNCc2c(Cl)cc(Cl)cc2Cl)[C@@H]2C=C[C@H]1CC2. The first-order chi connectivity index (χ1) is 13.5. The molecule has 152 valence electrons. The van der Waals surface area contributed by atoms with Crippen molar-refractivity contribution in [3.05, 3.63) is 57.1 Å². The highest BCUT2D eigenvalue weighted by molar-refractivity contribution is 6.39. The second-order valence-electron chi connectivity index (χ2n) is 7.72. The number of rotatable bonds is 9. The molecule has 1 aromatic rings. The number of hydrogen-bond donors (Lipinski definition) is 2. The number of carboxylic acids is 1. The highest BCUT2D eigenvalue weighted by Gasteiger charge is 2.38. The van der Waals surface area contributed by atoms with Crippen molar-refractivity contribution in [3.63, 3.8) is 0 Å². The summed E-state index contributed by atoms with van der Waals surface area (Å²) in [7, 11) is 0. The van der Waals surface area contributed by atoms with Crippen LogP contribution in [-0.2, 0) is 11.3 Å². The van der Waals surface area contributed by atoms with Gasteiger partial charge >= 0.3 is 5.97 Å². The third kappa shape index (κ3) is 5.54. The molecular formula is C22H26Cl3NO2. The van der Waals surface area contributed by atoms with Crippen LogP contribution in [0.2, 0.25) is 15.1 Å². The Morgan fingerprint density at radius 3 is 2.46 bits per heavy atom. The second-order valence-corrected chi connectivity index (χ2v) is 8.98. The molecule has 2 bridgehead atoms. The first-order valence-electron chi connectivity index (χ1n) is 9.86. The van der Waals surface area contributed by atoms with Crippen LogP contribution in [0.25, 0.3) is 0 Å². The average Bonchev–Trinajstić information content (AvgIpc) is 2.65. The van der Waals surface area contributed by atoms with Gasteiger partial charge in [0.1, 0.15) is 0 Å². The van der Waals surface area contributed by atoms with Gasteiger partial charge in [0, 0.05) is 33.6 Å². The number of nitrogens with one attached hydrogen (secondary N) is 1. The molecule has 3 nitrogen and oxygen atoms in total. The van der Waals surface area contributed by atoms with Gasteiger partial charge in [-0.05, 0) is 68.0 Å². The number of unbranched alkanes of at least 4 members (excludes halogenated alkanes) is 1. The van der Waals surface area contributed by atoms with Gasteiger partial charge in [-0.1, -0.05) is 59.1 Å². The Labute approximate surface area is 181 Å². The second kappa shape index (κ2) is 10.2. The standard InChI is InChI=1S/C22H26Cl3NO2/c23-16-10-20(24)19(21(25)11-16)13-26-12-18-15-8-6-14(7-9-15)17(18)4-2-1-3-5-22(27)28/h2,4,6,8,10-11,14-15,17-18,26H,1,3,5,7,9,12-13H2,(H,27,28)/b4-2-/t14-,15+,17-,18-/m0/s1. The van der Waals surface area contributed by atoms with Gasteiger partial charge in [0.2, 0.25) is 0 Å². The van der Waals surface area contributed by atoms with Gasteiger partial charge in [0.05, 0.1) is 0 Å². The van der Waals surface area contributed by atoms with Gasteiger partial charge in [-0.3, -0.25) is 4.79 Å². The van der Waals surface area contributed by atoms with Crippen LogP contribution in [0, 0.1) is 23.7 Å². The van der Waals surface area contributed by atoms with E-state index in [1.54, 1.807) is 12.1 Å². The summed E-state index contributed by atoms with van der Waals surface area (Å²) in [6, 6.07) is 3.44. The number of carbonyl (C=O) groups is 1. The van der Waals surface area contributed by atoms with Crippen LogP contribution in [0.15, 0.2) is 36.4 Å².